The molecule has 0 aromatic heterocycles. The zero-order chi connectivity index (χ0) is 10.5. The van der Waals surface area contributed by atoms with E-state index in [4.69, 9.17) is 0 Å². The van der Waals surface area contributed by atoms with Crippen LogP contribution in [-0.4, -0.2) is 0 Å². The predicted octanol–water partition coefficient (Wildman–Crippen LogP) is 4.58. The fourth-order valence-electron chi connectivity index (χ4n) is 1.71. The second-order valence-corrected chi connectivity index (χ2v) is 5.12. The van der Waals surface area contributed by atoms with Crippen molar-refractivity contribution in [1.82, 2.24) is 0 Å². The van der Waals surface area contributed by atoms with Crippen LogP contribution in [0.5, 0.6) is 0 Å². The van der Waals surface area contributed by atoms with Crippen LogP contribution < -0.4 is 0 Å². The van der Waals surface area contributed by atoms with E-state index < -0.39 is 0 Å². The average molecular weight is 180 g/mol. The van der Waals surface area contributed by atoms with Gasteiger partial charge in [-0.15, -0.1) is 0 Å². The van der Waals surface area contributed by atoms with Crippen molar-refractivity contribution in [2.45, 2.75) is 47.5 Å². The molecule has 0 atom stereocenters. The van der Waals surface area contributed by atoms with Gasteiger partial charge in [0.05, 0.1) is 0 Å². The van der Waals surface area contributed by atoms with Crippen LogP contribution in [0, 0.1) is 11.3 Å². The molecule has 0 aliphatic heterocycles. The van der Waals surface area contributed by atoms with E-state index >= 15 is 0 Å². The topological polar surface area (TPSA) is 0 Å². The fraction of sp³-hybridized carbons (Fsp3) is 0.692. The second-order valence-electron chi connectivity index (χ2n) is 5.12. The van der Waals surface area contributed by atoms with Gasteiger partial charge in [-0.25, -0.2) is 0 Å². The summed E-state index contributed by atoms with van der Waals surface area (Å²) in [6.07, 6.45) is 6.65. The Bertz CT molecular complexity index is 182. The van der Waals surface area contributed by atoms with E-state index in [1.165, 1.54) is 12.0 Å². The average Bonchev–Trinajstić information content (AvgIpc) is 1.98. The minimum atomic E-state index is 0.429. The van der Waals surface area contributed by atoms with Crippen molar-refractivity contribution in [3.63, 3.8) is 0 Å². The summed E-state index contributed by atoms with van der Waals surface area (Å²) in [5.74, 6) is 0.785. The van der Waals surface area contributed by atoms with Gasteiger partial charge in [0.2, 0.25) is 0 Å². The van der Waals surface area contributed by atoms with Gasteiger partial charge in [0.25, 0.3) is 0 Å². The molecule has 0 unspecified atom stereocenters. The summed E-state index contributed by atoms with van der Waals surface area (Å²) in [7, 11) is 0. The fourth-order valence-corrected chi connectivity index (χ4v) is 1.71. The first-order chi connectivity index (χ1) is 5.87. The number of allylic oxidation sites excluding steroid dienone is 3. The minimum Gasteiger partial charge on any atom is -0.0988 e. The van der Waals surface area contributed by atoms with Gasteiger partial charge in [-0.05, 0) is 31.1 Å². The number of rotatable bonds is 5. The summed E-state index contributed by atoms with van der Waals surface area (Å²) < 4.78 is 0. The molecule has 0 saturated carbocycles. The van der Waals surface area contributed by atoms with Crippen molar-refractivity contribution in [1.29, 1.82) is 0 Å². The number of hydrogen-bond donors (Lipinski definition) is 0. The Kier molecular flexibility index (Phi) is 5.05. The summed E-state index contributed by atoms with van der Waals surface area (Å²) in [5, 5.41) is 0. The monoisotopic (exact) mass is 180 g/mol. The van der Waals surface area contributed by atoms with Gasteiger partial charge >= 0.3 is 0 Å². The molecule has 0 heteroatoms. The molecule has 0 aliphatic carbocycles. The summed E-state index contributed by atoms with van der Waals surface area (Å²) in [6.45, 7) is 15.1. The van der Waals surface area contributed by atoms with Crippen molar-refractivity contribution >= 4 is 0 Å². The van der Waals surface area contributed by atoms with Gasteiger partial charge in [-0.3, -0.25) is 0 Å². The molecule has 13 heavy (non-hydrogen) atoms. The van der Waals surface area contributed by atoms with Gasteiger partial charge in [-0.2, -0.15) is 0 Å². The maximum atomic E-state index is 3.75. The van der Waals surface area contributed by atoms with Crippen LogP contribution in [-0.2, 0) is 0 Å². The molecule has 76 valence electrons. The zero-order valence-corrected chi connectivity index (χ0v) is 9.85. The molecular formula is C13H24. The van der Waals surface area contributed by atoms with Crippen molar-refractivity contribution < 1.29 is 0 Å². The highest BCUT2D eigenvalue weighted by Crippen LogP contribution is 2.29. The first-order valence-corrected chi connectivity index (χ1v) is 5.16. The molecule has 0 aliphatic rings. The molecule has 0 radical (unpaired) electrons. The molecule has 0 amide bonds. The highest BCUT2D eigenvalue weighted by molar-refractivity contribution is 5.13. The van der Waals surface area contributed by atoms with Crippen LogP contribution in [0.2, 0.25) is 0 Å². The number of hydrogen-bond acceptors (Lipinski definition) is 0. The Morgan fingerprint density at radius 3 is 2.31 bits per heavy atom. The van der Waals surface area contributed by atoms with Crippen molar-refractivity contribution in [3.8, 4) is 0 Å². The van der Waals surface area contributed by atoms with Gasteiger partial charge in [-0.1, -0.05) is 52.0 Å². The molecule has 0 heterocycles. The third-order valence-electron chi connectivity index (χ3n) is 2.26. The highest BCUT2D eigenvalue weighted by Gasteiger charge is 2.17. The zero-order valence-electron chi connectivity index (χ0n) is 9.85. The maximum Gasteiger partial charge on any atom is -0.0293 e. The molecule has 0 saturated heterocycles. The first kappa shape index (κ1) is 12.5. The molecule has 0 aromatic rings. The molecule has 0 spiro atoms. The summed E-state index contributed by atoms with van der Waals surface area (Å²) >= 11 is 0. The standard InChI is InChI=1S/C13H24/c1-7-12(4)8-9-13(5,6)10-11(2)3/h7-8,11H,1,9-10H2,2-6H3/b12-8+. The third kappa shape index (κ3) is 6.62. The predicted molar refractivity (Wildman–Crippen MR) is 61.8 cm³/mol. The smallest absolute Gasteiger partial charge is 0.0293 e. The molecule has 0 bridgehead atoms. The lowest BCUT2D eigenvalue weighted by atomic mass is 9.81. The van der Waals surface area contributed by atoms with Gasteiger partial charge in [0.15, 0.2) is 0 Å². The Hall–Kier alpha value is -0.520. The Morgan fingerprint density at radius 2 is 1.92 bits per heavy atom. The van der Waals surface area contributed by atoms with Gasteiger partial charge in [0, 0.05) is 0 Å². The second kappa shape index (κ2) is 5.26. The van der Waals surface area contributed by atoms with E-state index in [1.807, 2.05) is 6.08 Å². The van der Waals surface area contributed by atoms with Crippen LogP contribution in [0.3, 0.4) is 0 Å². The lowest BCUT2D eigenvalue weighted by Crippen LogP contribution is -2.13. The van der Waals surface area contributed by atoms with E-state index in [9.17, 15) is 0 Å². The van der Waals surface area contributed by atoms with Gasteiger partial charge < -0.3 is 0 Å². The highest BCUT2D eigenvalue weighted by atomic mass is 14.2. The van der Waals surface area contributed by atoms with E-state index in [2.05, 4.69) is 47.3 Å². The molecule has 0 rings (SSSR count). The third-order valence-corrected chi connectivity index (χ3v) is 2.26. The lowest BCUT2D eigenvalue weighted by Gasteiger charge is -2.25. The SMILES string of the molecule is C=C/C(C)=C/CC(C)(C)CC(C)C. The van der Waals surface area contributed by atoms with Crippen molar-refractivity contribution in [2.24, 2.45) is 11.3 Å². The van der Waals surface area contributed by atoms with Crippen LogP contribution in [0.25, 0.3) is 0 Å². The molecule has 0 fully saturated rings. The molecular weight excluding hydrogens is 156 g/mol. The van der Waals surface area contributed by atoms with E-state index in [1.54, 1.807) is 0 Å². The van der Waals surface area contributed by atoms with Crippen LogP contribution in [0.15, 0.2) is 24.3 Å². The Labute approximate surface area is 83.7 Å². The van der Waals surface area contributed by atoms with E-state index in [0.717, 1.165) is 12.3 Å². The summed E-state index contributed by atoms with van der Waals surface area (Å²) in [6, 6.07) is 0. The minimum absolute atomic E-state index is 0.429. The van der Waals surface area contributed by atoms with E-state index in [0.29, 0.717) is 5.41 Å². The van der Waals surface area contributed by atoms with Crippen molar-refractivity contribution in [2.75, 3.05) is 0 Å². The Balaban J connectivity index is 4.09. The van der Waals surface area contributed by atoms with Crippen LogP contribution >= 0.6 is 0 Å². The normalized spacial score (nSPS) is 13.5. The summed E-state index contributed by atoms with van der Waals surface area (Å²) in [5.41, 5.74) is 1.72. The quantitative estimate of drug-likeness (QED) is 0.543. The van der Waals surface area contributed by atoms with Crippen molar-refractivity contribution in [3.05, 3.63) is 24.3 Å². The maximum absolute atomic E-state index is 3.75. The largest absolute Gasteiger partial charge is 0.0988 e. The molecule has 0 aromatic carbocycles. The molecule has 0 N–H and O–H groups in total. The Morgan fingerprint density at radius 1 is 1.38 bits per heavy atom. The van der Waals surface area contributed by atoms with Gasteiger partial charge in [0.1, 0.15) is 0 Å². The lowest BCUT2D eigenvalue weighted by molar-refractivity contribution is 0.290. The molecule has 0 nitrogen and oxygen atoms in total. The van der Waals surface area contributed by atoms with E-state index in [-0.39, 0.29) is 0 Å². The summed E-state index contributed by atoms with van der Waals surface area (Å²) in [4.78, 5) is 0. The van der Waals surface area contributed by atoms with Crippen LogP contribution in [0.4, 0.5) is 0 Å². The first-order valence-electron chi connectivity index (χ1n) is 5.16. The van der Waals surface area contributed by atoms with Crippen LogP contribution in [0.1, 0.15) is 47.5 Å².